The molecule has 1 aliphatic rings. The minimum atomic E-state index is 0.0848. The van der Waals surface area contributed by atoms with Gasteiger partial charge in [-0.2, -0.15) is 0 Å². The van der Waals surface area contributed by atoms with E-state index in [9.17, 15) is 4.79 Å². The van der Waals surface area contributed by atoms with Crippen LogP contribution >= 0.6 is 11.8 Å². The van der Waals surface area contributed by atoms with Crippen molar-refractivity contribution in [1.82, 2.24) is 20.1 Å². The highest BCUT2D eigenvalue weighted by Gasteiger charge is 2.26. The number of carbonyl (C=O) groups is 1. The number of amides is 1. The van der Waals surface area contributed by atoms with Crippen molar-refractivity contribution in [2.24, 2.45) is 13.0 Å². The molecule has 3 rings (SSSR count). The molecule has 140 valence electrons. The molecule has 0 unspecified atom stereocenters. The van der Waals surface area contributed by atoms with Crippen LogP contribution in [0.25, 0.3) is 0 Å². The zero-order chi connectivity index (χ0) is 18.4. The molecule has 0 bridgehead atoms. The van der Waals surface area contributed by atoms with E-state index in [1.54, 1.807) is 18.9 Å². The average molecular weight is 375 g/mol. The van der Waals surface area contributed by atoms with Crippen LogP contribution in [0.3, 0.4) is 0 Å². The summed E-state index contributed by atoms with van der Waals surface area (Å²) in [4.78, 5) is 12.4. The molecule has 6 nitrogen and oxygen atoms in total. The number of aromatic nitrogens is 3. The summed E-state index contributed by atoms with van der Waals surface area (Å²) in [6.45, 7) is 0.415. The Morgan fingerprint density at radius 1 is 1.23 bits per heavy atom. The second-order valence-electron chi connectivity index (χ2n) is 6.66. The molecule has 1 heterocycles. The first kappa shape index (κ1) is 18.9. The van der Waals surface area contributed by atoms with Crippen molar-refractivity contribution < 1.29 is 9.53 Å². The van der Waals surface area contributed by atoms with Gasteiger partial charge in [0.25, 0.3) is 0 Å². The van der Waals surface area contributed by atoms with Crippen LogP contribution in [0, 0.1) is 5.92 Å². The Hall–Kier alpha value is -1.86. The number of ether oxygens (including phenoxy) is 1. The molecule has 0 saturated heterocycles. The van der Waals surface area contributed by atoms with Crippen LogP contribution in [0.4, 0.5) is 0 Å². The minimum Gasteiger partial charge on any atom is -0.381 e. The van der Waals surface area contributed by atoms with E-state index in [2.05, 4.69) is 27.6 Å². The van der Waals surface area contributed by atoms with E-state index in [4.69, 9.17) is 4.74 Å². The molecule has 2 aromatic rings. The Morgan fingerprint density at radius 2 is 1.96 bits per heavy atom. The Kier molecular flexibility index (Phi) is 6.68. The maximum absolute atomic E-state index is 12.4. The molecule has 0 radical (unpaired) electrons. The Labute approximate surface area is 158 Å². The van der Waals surface area contributed by atoms with Crippen molar-refractivity contribution in [3.8, 4) is 0 Å². The maximum Gasteiger partial charge on any atom is 0.223 e. The van der Waals surface area contributed by atoms with Crippen LogP contribution in [0.5, 0.6) is 0 Å². The van der Waals surface area contributed by atoms with Gasteiger partial charge >= 0.3 is 0 Å². The van der Waals surface area contributed by atoms with Crippen LogP contribution < -0.4 is 5.32 Å². The molecule has 1 amide bonds. The molecule has 1 aromatic heterocycles. The third-order valence-corrected chi connectivity index (χ3v) is 6.03. The Balaban J connectivity index is 1.48. The highest BCUT2D eigenvalue weighted by molar-refractivity contribution is 7.98. The summed E-state index contributed by atoms with van der Waals surface area (Å²) in [5.74, 6) is 1.82. The third kappa shape index (κ3) is 4.86. The molecule has 26 heavy (non-hydrogen) atoms. The zero-order valence-corrected chi connectivity index (χ0v) is 16.2. The van der Waals surface area contributed by atoms with Crippen LogP contribution in [0.1, 0.15) is 37.1 Å². The van der Waals surface area contributed by atoms with Gasteiger partial charge in [-0.25, -0.2) is 0 Å². The van der Waals surface area contributed by atoms with E-state index >= 15 is 0 Å². The second-order valence-corrected chi connectivity index (χ2v) is 7.60. The monoisotopic (exact) mass is 374 g/mol. The van der Waals surface area contributed by atoms with Gasteiger partial charge in [-0.05, 0) is 31.2 Å². The third-order valence-electron chi connectivity index (χ3n) is 4.93. The van der Waals surface area contributed by atoms with E-state index in [0.29, 0.717) is 12.6 Å². The lowest BCUT2D eigenvalue weighted by Crippen LogP contribution is -2.34. The predicted molar refractivity (Wildman–Crippen MR) is 102 cm³/mol. The fourth-order valence-electron chi connectivity index (χ4n) is 3.22. The van der Waals surface area contributed by atoms with Crippen LogP contribution in [-0.2, 0) is 28.9 Å². The van der Waals surface area contributed by atoms with E-state index in [-0.39, 0.29) is 11.8 Å². The number of benzene rings is 1. The summed E-state index contributed by atoms with van der Waals surface area (Å²) in [5, 5.41) is 12.4. The van der Waals surface area contributed by atoms with E-state index in [1.807, 2.05) is 29.8 Å². The van der Waals surface area contributed by atoms with Gasteiger partial charge in [0.05, 0.1) is 12.6 Å². The summed E-state index contributed by atoms with van der Waals surface area (Å²) in [6, 6.07) is 10.3. The van der Waals surface area contributed by atoms with Crippen molar-refractivity contribution in [2.75, 3.05) is 7.11 Å². The molecule has 0 aliphatic heterocycles. The van der Waals surface area contributed by atoms with Gasteiger partial charge < -0.3 is 14.6 Å². The van der Waals surface area contributed by atoms with Gasteiger partial charge in [-0.1, -0.05) is 42.1 Å². The van der Waals surface area contributed by atoms with Gasteiger partial charge in [0.1, 0.15) is 0 Å². The lowest BCUT2D eigenvalue weighted by molar-refractivity contribution is -0.127. The summed E-state index contributed by atoms with van der Waals surface area (Å²) in [7, 11) is 3.69. The number of methoxy groups -OCH3 is 1. The molecule has 1 saturated carbocycles. The van der Waals surface area contributed by atoms with Crippen LogP contribution in [-0.4, -0.2) is 33.9 Å². The molecule has 1 aromatic carbocycles. The molecule has 0 spiro atoms. The Morgan fingerprint density at radius 3 is 2.65 bits per heavy atom. The number of hydrogen-bond acceptors (Lipinski definition) is 5. The average Bonchev–Trinajstić information content (AvgIpc) is 3.05. The number of nitrogens with one attached hydrogen (secondary N) is 1. The summed E-state index contributed by atoms with van der Waals surface area (Å²) in [5.41, 5.74) is 1.25. The number of hydrogen-bond donors (Lipinski definition) is 1. The van der Waals surface area contributed by atoms with Crippen molar-refractivity contribution in [3.05, 3.63) is 41.7 Å². The highest BCUT2D eigenvalue weighted by Crippen LogP contribution is 2.26. The van der Waals surface area contributed by atoms with Gasteiger partial charge in [0.2, 0.25) is 5.91 Å². The van der Waals surface area contributed by atoms with Crippen molar-refractivity contribution >= 4 is 17.7 Å². The van der Waals surface area contributed by atoms with Gasteiger partial charge in [-0.3, -0.25) is 4.79 Å². The molecule has 7 heteroatoms. The molecule has 1 fully saturated rings. The van der Waals surface area contributed by atoms with Crippen LogP contribution in [0.15, 0.2) is 35.5 Å². The number of nitrogens with zero attached hydrogens (tertiary/aromatic N) is 3. The standard InChI is InChI=1S/C19H26N4O2S/c1-23-17(12-20-18(24)15-8-10-16(25-2)11-9-15)21-22-19(23)26-13-14-6-4-3-5-7-14/h3-7,15-16H,8-13H2,1-2H3,(H,20,24). The number of carbonyl (C=O) groups excluding carboxylic acids is 1. The van der Waals surface area contributed by atoms with E-state index in [1.165, 1.54) is 5.56 Å². The summed E-state index contributed by atoms with van der Waals surface area (Å²) >= 11 is 1.65. The largest absolute Gasteiger partial charge is 0.381 e. The highest BCUT2D eigenvalue weighted by atomic mass is 32.2. The van der Waals surface area contributed by atoms with Crippen molar-refractivity contribution in [1.29, 1.82) is 0 Å². The van der Waals surface area contributed by atoms with Gasteiger partial charge in [0.15, 0.2) is 11.0 Å². The first-order valence-electron chi connectivity index (χ1n) is 9.03. The zero-order valence-electron chi connectivity index (χ0n) is 15.4. The van der Waals surface area contributed by atoms with E-state index in [0.717, 1.165) is 42.4 Å². The fraction of sp³-hybridized carbons (Fsp3) is 0.526. The predicted octanol–water partition coefficient (Wildman–Crippen LogP) is 2.93. The maximum atomic E-state index is 12.4. The van der Waals surface area contributed by atoms with E-state index < -0.39 is 0 Å². The topological polar surface area (TPSA) is 69.0 Å². The second kappa shape index (κ2) is 9.19. The number of rotatable bonds is 7. The SMILES string of the molecule is COC1CCC(C(=O)NCc2nnc(SCc3ccccc3)n2C)CC1. The minimum absolute atomic E-state index is 0.0848. The van der Waals surface area contributed by atoms with Crippen LogP contribution in [0.2, 0.25) is 0 Å². The van der Waals surface area contributed by atoms with Crippen molar-refractivity contribution in [2.45, 2.75) is 49.2 Å². The lowest BCUT2D eigenvalue weighted by Gasteiger charge is -2.26. The molecule has 0 atom stereocenters. The van der Waals surface area contributed by atoms with Gasteiger partial charge in [-0.15, -0.1) is 10.2 Å². The van der Waals surface area contributed by atoms with Gasteiger partial charge in [0, 0.05) is 25.8 Å². The first-order valence-corrected chi connectivity index (χ1v) is 10.0. The molecular formula is C19H26N4O2S. The smallest absolute Gasteiger partial charge is 0.223 e. The lowest BCUT2D eigenvalue weighted by atomic mass is 9.87. The van der Waals surface area contributed by atoms with Crippen molar-refractivity contribution in [3.63, 3.8) is 0 Å². The fourth-order valence-corrected chi connectivity index (χ4v) is 4.10. The molecular weight excluding hydrogens is 348 g/mol. The number of thioether (sulfide) groups is 1. The quantitative estimate of drug-likeness (QED) is 0.755. The first-order chi connectivity index (χ1) is 12.7. The molecule has 1 aliphatic carbocycles. The molecule has 1 N–H and O–H groups in total. The Bertz CT molecular complexity index is 712. The summed E-state index contributed by atoms with van der Waals surface area (Å²) < 4.78 is 7.32. The summed E-state index contributed by atoms with van der Waals surface area (Å²) in [6.07, 6.45) is 4.00. The normalized spacial score (nSPS) is 20.1.